The summed E-state index contributed by atoms with van der Waals surface area (Å²) >= 11 is 1.44. The van der Waals surface area contributed by atoms with E-state index >= 15 is 0 Å². The summed E-state index contributed by atoms with van der Waals surface area (Å²) in [5, 5.41) is 5.60. The number of amides is 1. The molecule has 0 atom stereocenters. The third-order valence-electron chi connectivity index (χ3n) is 3.82. The van der Waals surface area contributed by atoms with Gasteiger partial charge in [0, 0.05) is 35.9 Å². The molecule has 6 heteroatoms. The molecule has 0 fully saturated rings. The molecule has 0 bridgehead atoms. The Kier molecular flexibility index (Phi) is 3.95. The highest BCUT2D eigenvalue weighted by atomic mass is 32.1. The van der Waals surface area contributed by atoms with Gasteiger partial charge in [-0.05, 0) is 42.1 Å². The number of nitrogens with one attached hydrogen (secondary N) is 1. The maximum Gasteiger partial charge on any atom is 0.259 e. The van der Waals surface area contributed by atoms with Gasteiger partial charge in [0.15, 0.2) is 5.13 Å². The van der Waals surface area contributed by atoms with Crippen molar-refractivity contribution in [2.45, 2.75) is 6.92 Å². The highest BCUT2D eigenvalue weighted by Crippen LogP contribution is 2.31. The Labute approximate surface area is 148 Å². The lowest BCUT2D eigenvalue weighted by Gasteiger charge is -2.02. The first-order valence-corrected chi connectivity index (χ1v) is 8.55. The summed E-state index contributed by atoms with van der Waals surface area (Å²) < 4.78 is 0. The van der Waals surface area contributed by atoms with Crippen LogP contribution in [0.1, 0.15) is 16.1 Å². The number of hydrogen-bond donors (Lipinski definition) is 1. The number of benzene rings is 1. The van der Waals surface area contributed by atoms with Gasteiger partial charge in [-0.2, -0.15) is 0 Å². The molecule has 0 spiro atoms. The van der Waals surface area contributed by atoms with Crippen LogP contribution in [0.25, 0.3) is 21.2 Å². The number of aryl methyl sites for hydroxylation is 1. The number of thiazole rings is 1. The number of aromatic nitrogens is 3. The molecule has 0 aliphatic rings. The van der Waals surface area contributed by atoms with E-state index in [2.05, 4.69) is 26.3 Å². The number of fused-ring (bicyclic) bond motifs is 1. The van der Waals surface area contributed by atoms with E-state index in [0.717, 1.165) is 26.9 Å². The van der Waals surface area contributed by atoms with Gasteiger partial charge in [0.05, 0.1) is 10.4 Å². The van der Waals surface area contributed by atoms with E-state index in [0.29, 0.717) is 10.7 Å². The van der Waals surface area contributed by atoms with Crippen LogP contribution in [0.3, 0.4) is 0 Å². The minimum Gasteiger partial charge on any atom is -0.298 e. The average Bonchev–Trinajstić information content (AvgIpc) is 3.10. The first-order valence-electron chi connectivity index (χ1n) is 7.73. The Morgan fingerprint density at radius 2 is 1.92 bits per heavy atom. The second-order valence-electron chi connectivity index (χ2n) is 5.61. The minimum atomic E-state index is -0.210. The van der Waals surface area contributed by atoms with Crippen molar-refractivity contribution in [3.05, 3.63) is 72.4 Å². The number of hydrogen-bond acceptors (Lipinski definition) is 5. The molecular formula is C19H14N4OS. The summed E-state index contributed by atoms with van der Waals surface area (Å²) in [5.74, 6) is -0.210. The van der Waals surface area contributed by atoms with E-state index < -0.39 is 0 Å². The van der Waals surface area contributed by atoms with E-state index in [9.17, 15) is 4.79 Å². The monoisotopic (exact) mass is 346 g/mol. The SMILES string of the molecule is Cc1ccc(C(=O)Nc2ncc(-c3ccc4cnccc4c3)s2)cn1. The van der Waals surface area contributed by atoms with Crippen LogP contribution in [0, 0.1) is 6.92 Å². The van der Waals surface area contributed by atoms with Crippen molar-refractivity contribution < 1.29 is 4.79 Å². The molecule has 4 aromatic rings. The van der Waals surface area contributed by atoms with E-state index in [1.54, 1.807) is 24.7 Å². The summed E-state index contributed by atoms with van der Waals surface area (Å²) in [6, 6.07) is 11.7. The van der Waals surface area contributed by atoms with Crippen molar-refractivity contribution in [3.63, 3.8) is 0 Å². The zero-order valence-electron chi connectivity index (χ0n) is 13.4. The zero-order chi connectivity index (χ0) is 17.2. The molecule has 0 unspecified atom stereocenters. The topological polar surface area (TPSA) is 67.8 Å². The molecular weight excluding hydrogens is 332 g/mol. The molecule has 3 aromatic heterocycles. The van der Waals surface area contributed by atoms with Crippen molar-refractivity contribution in [2.75, 3.05) is 5.32 Å². The molecule has 1 N–H and O–H groups in total. The molecule has 0 aliphatic heterocycles. The van der Waals surface area contributed by atoms with Crippen LogP contribution in [0.15, 0.2) is 61.2 Å². The van der Waals surface area contributed by atoms with E-state index in [1.165, 1.54) is 11.3 Å². The van der Waals surface area contributed by atoms with Gasteiger partial charge in [0.25, 0.3) is 5.91 Å². The van der Waals surface area contributed by atoms with Crippen molar-refractivity contribution in [2.24, 2.45) is 0 Å². The number of rotatable bonds is 3. The van der Waals surface area contributed by atoms with Gasteiger partial charge in [-0.15, -0.1) is 0 Å². The van der Waals surface area contributed by atoms with Crippen LogP contribution in [0.4, 0.5) is 5.13 Å². The first kappa shape index (κ1) is 15.4. The van der Waals surface area contributed by atoms with Crippen molar-refractivity contribution in [3.8, 4) is 10.4 Å². The second kappa shape index (κ2) is 6.41. The minimum absolute atomic E-state index is 0.210. The van der Waals surface area contributed by atoms with Gasteiger partial charge >= 0.3 is 0 Å². The van der Waals surface area contributed by atoms with Gasteiger partial charge in [-0.1, -0.05) is 23.5 Å². The average molecular weight is 346 g/mol. The molecule has 0 aliphatic carbocycles. The largest absolute Gasteiger partial charge is 0.298 e. The van der Waals surface area contributed by atoms with E-state index in [4.69, 9.17) is 0 Å². The maximum absolute atomic E-state index is 12.3. The molecule has 0 radical (unpaired) electrons. The van der Waals surface area contributed by atoms with Gasteiger partial charge in [-0.3, -0.25) is 20.1 Å². The highest BCUT2D eigenvalue weighted by molar-refractivity contribution is 7.19. The Balaban J connectivity index is 1.56. The van der Waals surface area contributed by atoms with Crippen LogP contribution in [-0.4, -0.2) is 20.9 Å². The highest BCUT2D eigenvalue weighted by Gasteiger charge is 2.10. The lowest BCUT2D eigenvalue weighted by atomic mass is 10.1. The van der Waals surface area contributed by atoms with Crippen LogP contribution >= 0.6 is 11.3 Å². The molecule has 5 nitrogen and oxygen atoms in total. The summed E-state index contributed by atoms with van der Waals surface area (Å²) in [6.07, 6.45) is 6.96. The van der Waals surface area contributed by atoms with Gasteiger partial charge in [0.1, 0.15) is 0 Å². The van der Waals surface area contributed by atoms with Crippen molar-refractivity contribution in [1.29, 1.82) is 0 Å². The third-order valence-corrected chi connectivity index (χ3v) is 4.79. The van der Waals surface area contributed by atoms with E-state index in [1.807, 2.05) is 37.4 Å². The van der Waals surface area contributed by atoms with Crippen molar-refractivity contribution in [1.82, 2.24) is 15.0 Å². The Morgan fingerprint density at radius 1 is 1.00 bits per heavy atom. The zero-order valence-corrected chi connectivity index (χ0v) is 14.2. The maximum atomic E-state index is 12.3. The number of carbonyl (C=O) groups is 1. The van der Waals surface area contributed by atoms with Gasteiger partial charge in [0.2, 0.25) is 0 Å². The summed E-state index contributed by atoms with van der Waals surface area (Å²) in [7, 11) is 0. The predicted molar refractivity (Wildman–Crippen MR) is 99.8 cm³/mol. The van der Waals surface area contributed by atoms with Crippen molar-refractivity contribution >= 4 is 33.1 Å². The number of anilines is 1. The number of nitrogens with zero attached hydrogens (tertiary/aromatic N) is 3. The fraction of sp³-hybridized carbons (Fsp3) is 0.0526. The Bertz CT molecular complexity index is 1060. The normalized spacial score (nSPS) is 10.8. The molecule has 0 saturated heterocycles. The summed E-state index contributed by atoms with van der Waals surface area (Å²) in [6.45, 7) is 1.88. The Morgan fingerprint density at radius 3 is 2.76 bits per heavy atom. The second-order valence-corrected chi connectivity index (χ2v) is 6.64. The van der Waals surface area contributed by atoms with Crippen LogP contribution in [0.5, 0.6) is 0 Å². The first-order chi connectivity index (χ1) is 12.2. The van der Waals surface area contributed by atoms with Gasteiger partial charge in [-0.25, -0.2) is 4.98 Å². The smallest absolute Gasteiger partial charge is 0.259 e. The summed E-state index contributed by atoms with van der Waals surface area (Å²) in [5.41, 5.74) is 2.45. The molecule has 4 rings (SSSR count). The lowest BCUT2D eigenvalue weighted by Crippen LogP contribution is -2.11. The molecule has 25 heavy (non-hydrogen) atoms. The Hall–Kier alpha value is -3.12. The standard InChI is InChI=1S/C19H14N4OS/c1-12-2-3-16(10-21-12)18(24)23-19-22-11-17(25-19)14-4-5-15-9-20-7-6-13(15)8-14/h2-11H,1H3,(H,22,23,24). The fourth-order valence-electron chi connectivity index (χ4n) is 2.47. The fourth-order valence-corrected chi connectivity index (χ4v) is 3.28. The lowest BCUT2D eigenvalue weighted by molar-refractivity contribution is 0.102. The quantitative estimate of drug-likeness (QED) is 0.600. The molecule has 1 aromatic carbocycles. The van der Waals surface area contributed by atoms with E-state index in [-0.39, 0.29) is 5.91 Å². The van der Waals surface area contributed by atoms with Crippen LogP contribution in [0.2, 0.25) is 0 Å². The summed E-state index contributed by atoms with van der Waals surface area (Å²) in [4.78, 5) is 25.8. The number of pyridine rings is 2. The third kappa shape index (κ3) is 3.25. The molecule has 1 amide bonds. The van der Waals surface area contributed by atoms with Gasteiger partial charge < -0.3 is 0 Å². The van der Waals surface area contributed by atoms with Crippen LogP contribution < -0.4 is 5.32 Å². The number of carbonyl (C=O) groups excluding carboxylic acids is 1. The molecule has 0 saturated carbocycles. The molecule has 3 heterocycles. The molecule has 122 valence electrons. The van der Waals surface area contributed by atoms with Crippen LogP contribution in [-0.2, 0) is 0 Å². The predicted octanol–water partition coefficient (Wildman–Crippen LogP) is 4.31.